The highest BCUT2D eigenvalue weighted by Gasteiger charge is 2.07. The van der Waals surface area contributed by atoms with Crippen molar-refractivity contribution in [2.45, 2.75) is 78.6 Å². The Bertz CT molecular complexity index is 838. The Morgan fingerprint density at radius 1 is 0.812 bits per heavy atom. The summed E-state index contributed by atoms with van der Waals surface area (Å²) in [5.41, 5.74) is 2.83. The van der Waals surface area contributed by atoms with Gasteiger partial charge in [-0.3, -0.25) is 4.79 Å². The van der Waals surface area contributed by atoms with E-state index in [0.29, 0.717) is 18.8 Å². The van der Waals surface area contributed by atoms with Gasteiger partial charge in [0.05, 0.1) is 13.2 Å². The molecule has 0 N–H and O–H groups in total. The first-order valence-corrected chi connectivity index (χ1v) is 12.4. The number of ketones is 1. The molecule has 0 amide bonds. The molecule has 0 radical (unpaired) electrons. The van der Waals surface area contributed by atoms with Gasteiger partial charge in [-0.1, -0.05) is 77.5 Å². The third kappa shape index (κ3) is 9.30. The van der Waals surface area contributed by atoms with Gasteiger partial charge in [-0.15, -0.1) is 0 Å². The monoisotopic (exact) mass is 436 g/mol. The number of benzene rings is 2. The van der Waals surface area contributed by atoms with Crippen molar-refractivity contribution in [3.05, 3.63) is 65.2 Å². The van der Waals surface area contributed by atoms with Crippen molar-refractivity contribution in [2.75, 3.05) is 13.2 Å². The predicted molar refractivity (Wildman–Crippen MR) is 135 cm³/mol. The highest BCUT2D eigenvalue weighted by Crippen LogP contribution is 2.23. The van der Waals surface area contributed by atoms with E-state index < -0.39 is 0 Å². The summed E-state index contributed by atoms with van der Waals surface area (Å²) in [6.07, 6.45) is 13.8. The van der Waals surface area contributed by atoms with Crippen LogP contribution in [0.4, 0.5) is 0 Å². The van der Waals surface area contributed by atoms with Crippen LogP contribution in [-0.4, -0.2) is 19.0 Å². The van der Waals surface area contributed by atoms with Crippen LogP contribution in [0.25, 0.3) is 6.08 Å². The van der Waals surface area contributed by atoms with E-state index in [1.54, 1.807) is 6.08 Å². The lowest BCUT2D eigenvalue weighted by molar-refractivity contribution is 0.104. The zero-order chi connectivity index (χ0) is 23.0. The van der Waals surface area contributed by atoms with Gasteiger partial charge in [0.1, 0.15) is 11.5 Å². The van der Waals surface area contributed by atoms with Crippen molar-refractivity contribution >= 4 is 11.9 Å². The molecule has 0 saturated carbocycles. The van der Waals surface area contributed by atoms with Gasteiger partial charge < -0.3 is 9.47 Å². The normalized spacial score (nSPS) is 11.1. The van der Waals surface area contributed by atoms with Crippen molar-refractivity contribution in [1.82, 2.24) is 0 Å². The molecule has 3 heteroatoms. The minimum absolute atomic E-state index is 0.0303. The number of hydrogen-bond donors (Lipinski definition) is 0. The van der Waals surface area contributed by atoms with Gasteiger partial charge in [0, 0.05) is 11.1 Å². The van der Waals surface area contributed by atoms with E-state index in [-0.39, 0.29) is 5.78 Å². The van der Waals surface area contributed by atoms with E-state index in [0.717, 1.165) is 36.3 Å². The molecule has 0 heterocycles. The van der Waals surface area contributed by atoms with E-state index in [9.17, 15) is 4.79 Å². The molecule has 0 aliphatic rings. The van der Waals surface area contributed by atoms with E-state index in [1.807, 2.05) is 36.4 Å². The molecule has 0 fully saturated rings. The van der Waals surface area contributed by atoms with Crippen molar-refractivity contribution in [1.29, 1.82) is 0 Å². The van der Waals surface area contributed by atoms with Crippen molar-refractivity contribution in [3.8, 4) is 11.5 Å². The number of carbonyl (C=O) groups excluding carboxylic acids is 1. The molecule has 0 unspecified atom stereocenters. The molecular weight excluding hydrogens is 396 g/mol. The average Bonchev–Trinajstić information content (AvgIpc) is 2.83. The van der Waals surface area contributed by atoms with Crippen LogP contribution in [0.5, 0.6) is 11.5 Å². The molecule has 2 rings (SSSR count). The molecule has 0 aromatic heterocycles. The lowest BCUT2D eigenvalue weighted by Crippen LogP contribution is -2.01. The Morgan fingerprint density at radius 3 is 2.22 bits per heavy atom. The Morgan fingerprint density at radius 2 is 1.53 bits per heavy atom. The van der Waals surface area contributed by atoms with Crippen LogP contribution < -0.4 is 9.47 Å². The zero-order valence-corrected chi connectivity index (χ0v) is 20.2. The number of allylic oxidation sites excluding steroid dienone is 1. The van der Waals surface area contributed by atoms with Crippen LogP contribution in [0.2, 0.25) is 0 Å². The summed E-state index contributed by atoms with van der Waals surface area (Å²) < 4.78 is 11.9. The summed E-state index contributed by atoms with van der Waals surface area (Å²) in [5, 5.41) is 0. The number of hydrogen-bond acceptors (Lipinski definition) is 3. The Labute approximate surface area is 194 Å². The fraction of sp³-hybridized carbons (Fsp3) is 0.483. The predicted octanol–water partition coefficient (Wildman–Crippen LogP) is 8.06. The number of carbonyl (C=O) groups is 1. The summed E-state index contributed by atoms with van der Waals surface area (Å²) in [7, 11) is 0. The molecule has 0 spiro atoms. The van der Waals surface area contributed by atoms with Crippen molar-refractivity contribution in [2.24, 2.45) is 0 Å². The quantitative estimate of drug-likeness (QED) is 0.152. The first kappa shape index (κ1) is 25.7. The van der Waals surface area contributed by atoms with Gasteiger partial charge in [-0.25, -0.2) is 0 Å². The summed E-state index contributed by atoms with van der Waals surface area (Å²) in [5.74, 6) is 1.56. The van der Waals surface area contributed by atoms with Crippen molar-refractivity contribution < 1.29 is 14.3 Å². The molecule has 2 aromatic rings. The van der Waals surface area contributed by atoms with Crippen molar-refractivity contribution in [3.63, 3.8) is 0 Å². The van der Waals surface area contributed by atoms with Crippen LogP contribution in [-0.2, 0) is 6.42 Å². The Kier molecular flexibility index (Phi) is 12.3. The number of unbranched alkanes of at least 4 members (excludes halogenated alkanes) is 6. The molecule has 174 valence electrons. The first-order valence-electron chi connectivity index (χ1n) is 12.4. The maximum absolute atomic E-state index is 12.8. The second-order valence-corrected chi connectivity index (χ2v) is 8.27. The highest BCUT2D eigenvalue weighted by molar-refractivity contribution is 6.07. The van der Waals surface area contributed by atoms with E-state index >= 15 is 0 Å². The van der Waals surface area contributed by atoms with Gasteiger partial charge >= 0.3 is 0 Å². The van der Waals surface area contributed by atoms with Crippen LogP contribution in [0.15, 0.2) is 48.5 Å². The Balaban J connectivity index is 2.01. The second kappa shape index (κ2) is 15.3. The first-order chi connectivity index (χ1) is 15.7. The number of rotatable bonds is 16. The summed E-state index contributed by atoms with van der Waals surface area (Å²) in [4.78, 5) is 12.8. The maximum Gasteiger partial charge on any atom is 0.185 e. The SMILES string of the molecule is CCCCCCOc1cccc(C(=O)/C=C/c2cc(CC)ccc2OCCCCCC)c1. The molecular formula is C29H40O3. The molecule has 32 heavy (non-hydrogen) atoms. The maximum atomic E-state index is 12.8. The molecule has 0 aliphatic heterocycles. The van der Waals surface area contributed by atoms with Crippen LogP contribution >= 0.6 is 0 Å². The molecule has 2 aromatic carbocycles. The Hall–Kier alpha value is -2.55. The highest BCUT2D eigenvalue weighted by atomic mass is 16.5. The van der Waals surface area contributed by atoms with E-state index in [4.69, 9.17) is 9.47 Å². The zero-order valence-electron chi connectivity index (χ0n) is 20.2. The lowest BCUT2D eigenvalue weighted by Gasteiger charge is -2.11. The molecule has 0 aliphatic carbocycles. The molecule has 0 atom stereocenters. The molecule has 0 bridgehead atoms. The minimum atomic E-state index is -0.0303. The molecule has 0 saturated heterocycles. The van der Waals surface area contributed by atoms with E-state index in [2.05, 4.69) is 32.9 Å². The van der Waals surface area contributed by atoms with Crippen LogP contribution in [0, 0.1) is 0 Å². The van der Waals surface area contributed by atoms with Gasteiger partial charge in [0.25, 0.3) is 0 Å². The standard InChI is InChI=1S/C29H40O3/c1-4-7-9-11-20-31-27-15-13-14-25(23-27)28(30)18-17-26-22-24(6-3)16-19-29(26)32-21-12-10-8-5-2/h13-19,22-23H,4-12,20-21H2,1-3H3/b18-17+. The lowest BCUT2D eigenvalue weighted by atomic mass is 10.1. The fourth-order valence-corrected chi connectivity index (χ4v) is 3.51. The van der Waals surface area contributed by atoms with Crippen LogP contribution in [0.3, 0.4) is 0 Å². The third-order valence-corrected chi connectivity index (χ3v) is 5.54. The summed E-state index contributed by atoms with van der Waals surface area (Å²) in [6.45, 7) is 7.94. The van der Waals surface area contributed by atoms with Gasteiger partial charge in [0.2, 0.25) is 0 Å². The van der Waals surface area contributed by atoms with Gasteiger partial charge in [0.15, 0.2) is 5.78 Å². The average molecular weight is 437 g/mol. The van der Waals surface area contributed by atoms with E-state index in [1.165, 1.54) is 44.1 Å². The number of ether oxygens (including phenoxy) is 2. The second-order valence-electron chi connectivity index (χ2n) is 8.27. The summed E-state index contributed by atoms with van der Waals surface area (Å²) in [6, 6.07) is 13.7. The number of aryl methyl sites for hydroxylation is 1. The van der Waals surface area contributed by atoms with Crippen LogP contribution in [0.1, 0.15) is 93.6 Å². The largest absolute Gasteiger partial charge is 0.494 e. The smallest absolute Gasteiger partial charge is 0.185 e. The fourth-order valence-electron chi connectivity index (χ4n) is 3.51. The topological polar surface area (TPSA) is 35.5 Å². The van der Waals surface area contributed by atoms with Gasteiger partial charge in [-0.2, -0.15) is 0 Å². The third-order valence-electron chi connectivity index (χ3n) is 5.54. The summed E-state index contributed by atoms with van der Waals surface area (Å²) >= 11 is 0. The van der Waals surface area contributed by atoms with Gasteiger partial charge in [-0.05, 0) is 61.2 Å². The minimum Gasteiger partial charge on any atom is -0.494 e. The molecule has 3 nitrogen and oxygen atoms in total.